The van der Waals surface area contributed by atoms with Gasteiger partial charge in [-0.2, -0.15) is 11.3 Å². The minimum Gasteiger partial charge on any atom is -0.496 e. The first kappa shape index (κ1) is 21.4. The molecule has 1 aromatic heterocycles. The van der Waals surface area contributed by atoms with Crippen LogP contribution in [0.25, 0.3) is 0 Å². The number of hydrogen-bond acceptors (Lipinski definition) is 5. The van der Waals surface area contributed by atoms with Gasteiger partial charge in [0, 0.05) is 12.6 Å². The second kappa shape index (κ2) is 8.72. The van der Waals surface area contributed by atoms with Crippen LogP contribution in [-0.4, -0.2) is 34.0 Å². The Hall–Kier alpha value is -2.84. The highest BCUT2D eigenvalue weighted by Crippen LogP contribution is 2.34. The number of nitrogens with one attached hydrogen (secondary N) is 1. The van der Waals surface area contributed by atoms with Gasteiger partial charge >= 0.3 is 0 Å². The average Bonchev–Trinajstić information content (AvgIpc) is 3.43. The van der Waals surface area contributed by atoms with Crippen LogP contribution in [0, 0.1) is 0 Å². The Morgan fingerprint density at radius 3 is 2.77 bits per heavy atom. The number of sulfonamides is 1. The molecule has 1 aliphatic rings. The molecule has 0 radical (unpaired) electrons. The molecule has 6 nitrogen and oxygen atoms in total. The molecule has 3 aromatic rings. The second-order valence-electron chi connectivity index (χ2n) is 7.53. The molecule has 4 rings (SSSR count). The van der Waals surface area contributed by atoms with E-state index in [1.807, 2.05) is 48.0 Å². The van der Waals surface area contributed by atoms with Crippen molar-refractivity contribution in [1.82, 2.24) is 5.32 Å². The van der Waals surface area contributed by atoms with Gasteiger partial charge in [0.25, 0.3) is 15.9 Å². The number of carbonyl (C=O) groups is 1. The summed E-state index contributed by atoms with van der Waals surface area (Å²) in [5, 5.41) is 6.99. The Morgan fingerprint density at radius 2 is 2.03 bits per heavy atom. The molecule has 162 valence electrons. The van der Waals surface area contributed by atoms with E-state index >= 15 is 0 Å². The third kappa shape index (κ3) is 4.31. The molecule has 0 bridgehead atoms. The van der Waals surface area contributed by atoms with Gasteiger partial charge < -0.3 is 10.1 Å². The monoisotopic (exact) mass is 456 g/mol. The summed E-state index contributed by atoms with van der Waals surface area (Å²) in [5.74, 6) is -0.0283. The zero-order valence-electron chi connectivity index (χ0n) is 17.4. The summed E-state index contributed by atoms with van der Waals surface area (Å²) in [6.45, 7) is 2.30. The van der Waals surface area contributed by atoms with Crippen molar-refractivity contribution in [3.8, 4) is 5.75 Å². The number of rotatable bonds is 7. The smallest absolute Gasteiger partial charge is 0.264 e. The van der Waals surface area contributed by atoms with E-state index in [1.165, 1.54) is 29.6 Å². The van der Waals surface area contributed by atoms with E-state index in [4.69, 9.17) is 4.74 Å². The van der Waals surface area contributed by atoms with E-state index in [1.54, 1.807) is 11.3 Å². The maximum Gasteiger partial charge on any atom is 0.264 e. The highest BCUT2D eigenvalue weighted by atomic mass is 32.2. The van der Waals surface area contributed by atoms with Crippen LogP contribution in [0.2, 0.25) is 0 Å². The van der Waals surface area contributed by atoms with Crippen LogP contribution >= 0.6 is 11.3 Å². The minimum atomic E-state index is -3.80. The third-order valence-electron chi connectivity index (χ3n) is 5.35. The number of nitrogens with zero attached hydrogens (tertiary/aromatic N) is 1. The van der Waals surface area contributed by atoms with Crippen LogP contribution in [0.1, 0.15) is 28.4 Å². The van der Waals surface area contributed by atoms with Crippen LogP contribution in [0.3, 0.4) is 0 Å². The molecule has 0 saturated carbocycles. The highest BCUT2D eigenvalue weighted by molar-refractivity contribution is 7.92. The molecule has 1 atom stereocenters. The van der Waals surface area contributed by atoms with Crippen molar-refractivity contribution in [2.24, 2.45) is 0 Å². The molecule has 1 N–H and O–H groups in total. The fourth-order valence-corrected chi connectivity index (χ4v) is 6.04. The molecule has 31 heavy (non-hydrogen) atoms. The molecule has 8 heteroatoms. The quantitative estimate of drug-likeness (QED) is 0.586. The maximum atomic E-state index is 13.4. The first-order valence-corrected chi connectivity index (χ1v) is 12.4. The molecule has 2 heterocycles. The molecular weight excluding hydrogens is 432 g/mol. The third-order valence-corrected chi connectivity index (χ3v) is 7.89. The first-order valence-electron chi connectivity index (χ1n) is 10.0. The highest BCUT2D eigenvalue weighted by Gasteiger charge is 2.31. The average molecular weight is 457 g/mol. The summed E-state index contributed by atoms with van der Waals surface area (Å²) in [4.78, 5) is 13.0. The Kier molecular flexibility index (Phi) is 6.02. The number of thiophene rings is 1. The van der Waals surface area contributed by atoms with Gasteiger partial charge in [0.1, 0.15) is 5.75 Å². The van der Waals surface area contributed by atoms with Gasteiger partial charge in [0.2, 0.25) is 0 Å². The van der Waals surface area contributed by atoms with E-state index in [-0.39, 0.29) is 22.4 Å². The largest absolute Gasteiger partial charge is 0.496 e. The SMILES string of the molecule is COc1ccc(S(=O)(=O)N2CCc3ccccc32)cc1C(=O)NC(C)Cc1ccsc1. The maximum absolute atomic E-state index is 13.4. The van der Waals surface area contributed by atoms with Crippen molar-refractivity contribution >= 4 is 33.0 Å². The Morgan fingerprint density at radius 1 is 1.23 bits per heavy atom. The summed E-state index contributed by atoms with van der Waals surface area (Å²) < 4.78 is 33.5. The number of amides is 1. The molecule has 1 amide bonds. The zero-order chi connectivity index (χ0) is 22.0. The molecule has 1 unspecified atom stereocenters. The van der Waals surface area contributed by atoms with Crippen molar-refractivity contribution in [2.45, 2.75) is 30.7 Å². The van der Waals surface area contributed by atoms with Crippen LogP contribution in [0.15, 0.2) is 64.2 Å². The van der Waals surface area contributed by atoms with Gasteiger partial charge in [-0.3, -0.25) is 9.10 Å². The van der Waals surface area contributed by atoms with Crippen molar-refractivity contribution in [3.63, 3.8) is 0 Å². The molecule has 0 saturated heterocycles. The lowest BCUT2D eigenvalue weighted by Gasteiger charge is -2.21. The predicted molar refractivity (Wildman–Crippen MR) is 123 cm³/mol. The van der Waals surface area contributed by atoms with Crippen molar-refractivity contribution in [2.75, 3.05) is 18.0 Å². The fraction of sp³-hybridized carbons (Fsp3) is 0.261. The summed E-state index contributed by atoms with van der Waals surface area (Å²) in [5.41, 5.74) is 3.04. The number of benzene rings is 2. The number of carbonyl (C=O) groups excluding carboxylic acids is 1. The lowest BCUT2D eigenvalue weighted by atomic mass is 10.1. The normalized spacial score (nSPS) is 14.2. The summed E-state index contributed by atoms with van der Waals surface area (Å²) in [7, 11) is -2.34. The molecule has 0 fully saturated rings. The molecule has 2 aromatic carbocycles. The van der Waals surface area contributed by atoms with E-state index in [0.717, 1.165) is 11.1 Å². The lowest BCUT2D eigenvalue weighted by Crippen LogP contribution is -2.34. The van der Waals surface area contributed by atoms with E-state index < -0.39 is 10.0 Å². The molecule has 1 aliphatic heterocycles. The number of para-hydroxylation sites is 1. The van der Waals surface area contributed by atoms with Crippen LogP contribution < -0.4 is 14.4 Å². The van der Waals surface area contributed by atoms with E-state index in [0.29, 0.717) is 30.8 Å². The summed E-state index contributed by atoms with van der Waals surface area (Å²) >= 11 is 1.61. The van der Waals surface area contributed by atoms with Crippen LogP contribution in [0.4, 0.5) is 5.69 Å². The van der Waals surface area contributed by atoms with Gasteiger partial charge in [-0.05, 0) is 72.0 Å². The van der Waals surface area contributed by atoms with Crippen molar-refractivity contribution in [1.29, 1.82) is 0 Å². The first-order chi connectivity index (χ1) is 14.9. The lowest BCUT2D eigenvalue weighted by molar-refractivity contribution is 0.0937. The van der Waals surface area contributed by atoms with Crippen LogP contribution in [-0.2, 0) is 22.9 Å². The molecule has 0 spiro atoms. The number of methoxy groups -OCH3 is 1. The van der Waals surface area contributed by atoms with Crippen molar-refractivity contribution in [3.05, 3.63) is 76.0 Å². The predicted octanol–water partition coefficient (Wildman–Crippen LogP) is 3.87. The fourth-order valence-electron chi connectivity index (χ4n) is 3.82. The number of hydrogen-bond donors (Lipinski definition) is 1. The van der Waals surface area contributed by atoms with Gasteiger partial charge in [-0.15, -0.1) is 0 Å². The van der Waals surface area contributed by atoms with Crippen LogP contribution in [0.5, 0.6) is 5.75 Å². The van der Waals surface area contributed by atoms with Gasteiger partial charge in [0.05, 0.1) is 23.3 Å². The van der Waals surface area contributed by atoms with E-state index in [2.05, 4.69) is 5.32 Å². The zero-order valence-corrected chi connectivity index (χ0v) is 19.0. The Labute approximate surface area is 186 Å². The van der Waals surface area contributed by atoms with Gasteiger partial charge in [-0.25, -0.2) is 8.42 Å². The van der Waals surface area contributed by atoms with Crippen molar-refractivity contribution < 1.29 is 17.9 Å². The second-order valence-corrected chi connectivity index (χ2v) is 10.2. The summed E-state index contributed by atoms with van der Waals surface area (Å²) in [6.07, 6.45) is 1.36. The van der Waals surface area contributed by atoms with Gasteiger partial charge in [0.15, 0.2) is 0 Å². The number of ether oxygens (including phenoxy) is 1. The number of fused-ring (bicyclic) bond motifs is 1. The van der Waals surface area contributed by atoms with Gasteiger partial charge in [-0.1, -0.05) is 18.2 Å². The molecular formula is C23H24N2O4S2. The Bertz CT molecular complexity index is 1190. The minimum absolute atomic E-state index is 0.0700. The standard InChI is InChI=1S/C23H24N2O4S2/c1-16(13-17-10-12-30-15-17)24-23(26)20-14-19(7-8-22(20)29-2)31(27,28)25-11-9-18-5-3-4-6-21(18)25/h3-8,10,12,14-16H,9,11,13H2,1-2H3,(H,24,26). The summed E-state index contributed by atoms with van der Waals surface area (Å²) in [6, 6.07) is 13.8. The number of anilines is 1. The molecule has 0 aliphatic carbocycles. The van der Waals surface area contributed by atoms with E-state index in [9.17, 15) is 13.2 Å². The Balaban J connectivity index is 1.61. The topological polar surface area (TPSA) is 75.7 Å².